The molecule has 41 heavy (non-hydrogen) atoms. The molecular formula is C30H28BrN3O6S. The van der Waals surface area contributed by atoms with Crippen molar-refractivity contribution in [3.63, 3.8) is 0 Å². The van der Waals surface area contributed by atoms with Crippen molar-refractivity contribution in [3.8, 4) is 11.5 Å². The van der Waals surface area contributed by atoms with E-state index in [-0.39, 0.29) is 17.4 Å². The van der Waals surface area contributed by atoms with Crippen LogP contribution in [0.1, 0.15) is 23.6 Å². The van der Waals surface area contributed by atoms with Gasteiger partial charge in [-0.15, -0.1) is 0 Å². The summed E-state index contributed by atoms with van der Waals surface area (Å²) in [5, 5.41) is 4.94. The summed E-state index contributed by atoms with van der Waals surface area (Å²) < 4.78 is 12.0. The summed E-state index contributed by atoms with van der Waals surface area (Å²) in [7, 11) is 0. The second kappa shape index (κ2) is 13.5. The third-order valence-corrected chi connectivity index (χ3v) is 7.63. The van der Waals surface area contributed by atoms with Gasteiger partial charge in [-0.25, -0.2) is 0 Å². The number of carbonyl (C=O) groups is 4. The van der Waals surface area contributed by atoms with Gasteiger partial charge in [0, 0.05) is 15.8 Å². The van der Waals surface area contributed by atoms with Gasteiger partial charge in [0.2, 0.25) is 5.91 Å². The van der Waals surface area contributed by atoms with E-state index in [9.17, 15) is 19.2 Å². The van der Waals surface area contributed by atoms with Crippen LogP contribution in [0.5, 0.6) is 11.5 Å². The second-order valence-electron chi connectivity index (χ2n) is 9.07. The first kappa shape index (κ1) is 29.9. The summed E-state index contributed by atoms with van der Waals surface area (Å²) in [4.78, 5) is 51.7. The fraction of sp³-hybridized carbons (Fsp3) is 0.200. The van der Waals surface area contributed by atoms with E-state index in [1.807, 2.05) is 51.1 Å². The molecule has 3 aromatic carbocycles. The molecule has 9 nitrogen and oxygen atoms in total. The highest BCUT2D eigenvalue weighted by molar-refractivity contribution is 9.10. The highest BCUT2D eigenvalue weighted by atomic mass is 79.9. The molecule has 0 unspecified atom stereocenters. The number of imide groups is 1. The average molecular weight is 639 g/mol. The summed E-state index contributed by atoms with van der Waals surface area (Å²) in [5.41, 5.74) is 3.90. The van der Waals surface area contributed by atoms with E-state index in [1.54, 1.807) is 36.4 Å². The smallest absolute Gasteiger partial charge is 0.294 e. The Labute approximate surface area is 250 Å². The van der Waals surface area contributed by atoms with Gasteiger partial charge in [-0.1, -0.05) is 40.2 Å². The van der Waals surface area contributed by atoms with Crippen LogP contribution in [0.3, 0.4) is 0 Å². The van der Waals surface area contributed by atoms with Crippen LogP contribution in [0.25, 0.3) is 6.08 Å². The number of carbonyl (C=O) groups excluding carboxylic acids is 4. The van der Waals surface area contributed by atoms with E-state index in [0.717, 1.165) is 27.8 Å². The molecule has 0 spiro atoms. The largest absolute Gasteiger partial charge is 0.490 e. The number of nitrogens with zero attached hydrogens (tertiary/aromatic N) is 1. The second-order valence-corrected chi connectivity index (χ2v) is 10.9. The zero-order valence-electron chi connectivity index (χ0n) is 22.7. The van der Waals surface area contributed by atoms with Crippen molar-refractivity contribution >= 4 is 68.1 Å². The molecule has 0 atom stereocenters. The normalized spacial score (nSPS) is 13.9. The molecule has 1 aliphatic heterocycles. The Morgan fingerprint density at radius 2 is 1.61 bits per heavy atom. The molecule has 212 valence electrons. The third kappa shape index (κ3) is 7.77. The molecule has 4 rings (SSSR count). The Morgan fingerprint density at radius 3 is 2.32 bits per heavy atom. The minimum absolute atomic E-state index is 0.160. The lowest BCUT2D eigenvalue weighted by molar-refractivity contribution is -0.127. The van der Waals surface area contributed by atoms with Crippen molar-refractivity contribution in [3.05, 3.63) is 86.7 Å². The molecule has 0 aliphatic carbocycles. The van der Waals surface area contributed by atoms with Crippen LogP contribution in [0.2, 0.25) is 0 Å². The van der Waals surface area contributed by atoms with Gasteiger partial charge in [-0.05, 0) is 91.7 Å². The molecule has 1 fully saturated rings. The molecule has 1 saturated heterocycles. The number of nitrogens with one attached hydrogen (secondary N) is 2. The quantitative estimate of drug-likeness (QED) is 0.256. The third-order valence-electron chi connectivity index (χ3n) is 6.03. The Morgan fingerprint density at radius 1 is 0.902 bits per heavy atom. The summed E-state index contributed by atoms with van der Waals surface area (Å²) in [6.07, 6.45) is 1.55. The molecular weight excluding hydrogens is 610 g/mol. The number of hydrogen-bond donors (Lipinski definition) is 2. The summed E-state index contributed by atoms with van der Waals surface area (Å²) in [5.74, 6) is -0.696. The number of aryl methyl sites for hydroxylation is 2. The molecule has 1 aliphatic rings. The molecule has 0 aromatic heterocycles. The van der Waals surface area contributed by atoms with Gasteiger partial charge in [-0.3, -0.25) is 24.1 Å². The topological polar surface area (TPSA) is 114 Å². The minimum atomic E-state index is -0.571. The van der Waals surface area contributed by atoms with E-state index in [1.165, 1.54) is 0 Å². The fourth-order valence-corrected chi connectivity index (χ4v) is 5.11. The number of ether oxygens (including phenoxy) is 2. The maximum atomic E-state index is 13.0. The van der Waals surface area contributed by atoms with Crippen molar-refractivity contribution in [2.24, 2.45) is 0 Å². The zero-order valence-corrected chi connectivity index (χ0v) is 25.1. The van der Waals surface area contributed by atoms with Gasteiger partial charge in [0.05, 0.1) is 11.5 Å². The van der Waals surface area contributed by atoms with E-state index in [2.05, 4.69) is 26.6 Å². The molecule has 0 bridgehead atoms. The van der Waals surface area contributed by atoms with Crippen LogP contribution in [-0.2, 0) is 14.4 Å². The molecule has 1 heterocycles. The zero-order chi connectivity index (χ0) is 29.5. The Bertz CT molecular complexity index is 1530. The number of anilines is 2. The first-order valence-electron chi connectivity index (χ1n) is 12.7. The highest BCUT2D eigenvalue weighted by Crippen LogP contribution is 2.38. The monoisotopic (exact) mass is 637 g/mol. The van der Waals surface area contributed by atoms with Crippen molar-refractivity contribution < 1.29 is 28.7 Å². The number of amides is 4. The predicted octanol–water partition coefficient (Wildman–Crippen LogP) is 6.16. The number of para-hydroxylation sites is 1. The summed E-state index contributed by atoms with van der Waals surface area (Å²) >= 11 is 4.22. The first-order valence-corrected chi connectivity index (χ1v) is 14.3. The van der Waals surface area contributed by atoms with Crippen molar-refractivity contribution in [1.82, 2.24) is 4.90 Å². The minimum Gasteiger partial charge on any atom is -0.490 e. The average Bonchev–Trinajstić information content (AvgIpc) is 3.19. The van der Waals surface area contributed by atoms with Gasteiger partial charge >= 0.3 is 0 Å². The number of thioether (sulfide) groups is 1. The fourth-order valence-electron chi connectivity index (χ4n) is 3.85. The van der Waals surface area contributed by atoms with Gasteiger partial charge in [-0.2, -0.15) is 0 Å². The lowest BCUT2D eigenvalue weighted by Gasteiger charge is -2.14. The lowest BCUT2D eigenvalue weighted by Crippen LogP contribution is -2.36. The predicted molar refractivity (Wildman–Crippen MR) is 163 cm³/mol. The van der Waals surface area contributed by atoms with Gasteiger partial charge in [0.1, 0.15) is 6.54 Å². The van der Waals surface area contributed by atoms with Crippen molar-refractivity contribution in [1.29, 1.82) is 0 Å². The summed E-state index contributed by atoms with van der Waals surface area (Å²) in [6.45, 7) is 5.39. The van der Waals surface area contributed by atoms with Gasteiger partial charge in [0.15, 0.2) is 18.1 Å². The lowest BCUT2D eigenvalue weighted by atomic mass is 10.1. The first-order chi connectivity index (χ1) is 19.6. The highest BCUT2D eigenvalue weighted by Gasteiger charge is 2.36. The van der Waals surface area contributed by atoms with Crippen LogP contribution in [-0.4, -0.2) is 47.6 Å². The molecule has 4 amide bonds. The Hall–Kier alpha value is -4.09. The van der Waals surface area contributed by atoms with E-state index >= 15 is 0 Å². The van der Waals surface area contributed by atoms with E-state index in [0.29, 0.717) is 39.5 Å². The van der Waals surface area contributed by atoms with E-state index in [4.69, 9.17) is 9.47 Å². The standard InChI is InChI=1S/C30H28BrN3O6S/c1-4-39-24-13-20(23(31)15-25(24)40-17-28(36)32-21-8-6-5-7-9-21)14-26-29(37)34(30(38)41-26)16-27(35)33-22-11-10-18(2)19(3)12-22/h5-15H,4,16-17H2,1-3H3,(H,32,36)(H,33,35)/b26-14+. The molecule has 11 heteroatoms. The maximum absolute atomic E-state index is 13.0. The molecule has 0 radical (unpaired) electrons. The number of halogens is 1. The van der Waals surface area contributed by atoms with Crippen LogP contribution in [0, 0.1) is 13.8 Å². The van der Waals surface area contributed by atoms with Crippen LogP contribution < -0.4 is 20.1 Å². The number of hydrogen-bond acceptors (Lipinski definition) is 7. The van der Waals surface area contributed by atoms with Crippen LogP contribution in [0.4, 0.5) is 16.2 Å². The van der Waals surface area contributed by atoms with Gasteiger partial charge < -0.3 is 20.1 Å². The summed E-state index contributed by atoms with van der Waals surface area (Å²) in [6, 6.07) is 17.8. The van der Waals surface area contributed by atoms with E-state index < -0.39 is 23.6 Å². The SMILES string of the molecule is CCOc1cc(/C=C2/SC(=O)N(CC(=O)Nc3ccc(C)c(C)c3)C2=O)c(Br)cc1OCC(=O)Nc1ccccc1. The molecule has 2 N–H and O–H groups in total. The van der Waals surface area contributed by atoms with Gasteiger partial charge in [0.25, 0.3) is 17.1 Å². The van der Waals surface area contributed by atoms with Crippen molar-refractivity contribution in [2.45, 2.75) is 20.8 Å². The molecule has 0 saturated carbocycles. The number of benzene rings is 3. The van der Waals surface area contributed by atoms with Crippen molar-refractivity contribution in [2.75, 3.05) is 30.4 Å². The number of rotatable bonds is 10. The van der Waals surface area contributed by atoms with Crippen LogP contribution >= 0.6 is 27.7 Å². The Kier molecular flexibility index (Phi) is 9.85. The Balaban J connectivity index is 1.45. The van der Waals surface area contributed by atoms with Crippen LogP contribution in [0.15, 0.2) is 70.0 Å². The maximum Gasteiger partial charge on any atom is 0.294 e. The molecule has 3 aromatic rings.